The molecule has 3 aromatic rings. The second-order valence-corrected chi connectivity index (χ2v) is 8.95. The third-order valence-electron chi connectivity index (χ3n) is 5.32. The van der Waals surface area contributed by atoms with Gasteiger partial charge in [-0.2, -0.15) is 0 Å². The van der Waals surface area contributed by atoms with Crippen LogP contribution in [0, 0.1) is 12.8 Å². The number of carbonyl (C=O) groups is 2. The molecule has 8 heteroatoms. The maximum atomic E-state index is 12.6. The molecule has 0 radical (unpaired) electrons. The number of carbonyl (C=O) groups excluding carboxylic acids is 2. The van der Waals surface area contributed by atoms with Gasteiger partial charge in [0.2, 0.25) is 16.9 Å². The Hall–Kier alpha value is -2.74. The van der Waals surface area contributed by atoms with Crippen molar-refractivity contribution in [1.82, 2.24) is 20.1 Å². The van der Waals surface area contributed by atoms with Crippen molar-refractivity contribution in [2.75, 3.05) is 18.4 Å². The van der Waals surface area contributed by atoms with Gasteiger partial charge >= 0.3 is 0 Å². The number of fused-ring (bicyclic) bond motifs is 1. The average Bonchev–Trinajstić information content (AvgIpc) is 3.39. The number of aromatic amines is 1. The highest BCUT2D eigenvalue weighted by molar-refractivity contribution is 7.15. The van der Waals surface area contributed by atoms with E-state index in [1.54, 1.807) is 4.90 Å². The summed E-state index contributed by atoms with van der Waals surface area (Å²) in [6.07, 6.45) is 3.02. The molecule has 0 saturated carbocycles. The van der Waals surface area contributed by atoms with E-state index in [1.807, 2.05) is 20.0 Å². The quantitative estimate of drug-likeness (QED) is 0.650. The van der Waals surface area contributed by atoms with Gasteiger partial charge in [0.05, 0.1) is 5.92 Å². The van der Waals surface area contributed by atoms with Crippen molar-refractivity contribution in [3.63, 3.8) is 0 Å². The lowest BCUT2D eigenvalue weighted by Gasteiger charge is -2.16. The van der Waals surface area contributed by atoms with Crippen LogP contribution < -0.4 is 5.32 Å². The number of likely N-dealkylation sites (tertiary alicyclic amines) is 1. The van der Waals surface area contributed by atoms with Crippen LogP contribution in [0.3, 0.4) is 0 Å². The van der Waals surface area contributed by atoms with E-state index in [0.29, 0.717) is 18.2 Å². The van der Waals surface area contributed by atoms with Gasteiger partial charge in [-0.3, -0.25) is 9.59 Å². The van der Waals surface area contributed by atoms with Crippen LogP contribution in [0.1, 0.15) is 42.3 Å². The third kappa shape index (κ3) is 4.17. The lowest BCUT2D eigenvalue weighted by atomic mass is 10.1. The number of hydrogen-bond donors (Lipinski definition) is 2. The number of amides is 2. The summed E-state index contributed by atoms with van der Waals surface area (Å²) in [4.78, 5) is 30.1. The van der Waals surface area contributed by atoms with Gasteiger partial charge in [0.1, 0.15) is 5.01 Å². The van der Waals surface area contributed by atoms with Crippen LogP contribution in [0.25, 0.3) is 10.9 Å². The summed E-state index contributed by atoms with van der Waals surface area (Å²) in [5.74, 6) is -0.203. The summed E-state index contributed by atoms with van der Waals surface area (Å²) in [7, 11) is 0. The van der Waals surface area contributed by atoms with Crippen LogP contribution >= 0.6 is 11.3 Å². The predicted octanol–water partition coefficient (Wildman–Crippen LogP) is 3.48. The van der Waals surface area contributed by atoms with Gasteiger partial charge < -0.3 is 15.2 Å². The van der Waals surface area contributed by atoms with Gasteiger partial charge in [-0.1, -0.05) is 36.8 Å². The molecule has 0 aliphatic carbocycles. The Morgan fingerprint density at radius 2 is 2.21 bits per heavy atom. The van der Waals surface area contributed by atoms with Crippen LogP contribution in [0.2, 0.25) is 0 Å². The van der Waals surface area contributed by atoms with Crippen molar-refractivity contribution in [2.45, 2.75) is 39.5 Å². The zero-order valence-corrected chi connectivity index (χ0v) is 17.7. The van der Waals surface area contributed by atoms with Crippen molar-refractivity contribution in [3.8, 4) is 0 Å². The summed E-state index contributed by atoms with van der Waals surface area (Å²) in [6, 6.07) is 6.32. The third-order valence-corrected chi connectivity index (χ3v) is 6.46. The number of anilines is 1. The molecular weight excluding hydrogens is 386 g/mol. The Bertz CT molecular complexity index is 1050. The number of nitrogens with zero attached hydrogens (tertiary/aromatic N) is 3. The zero-order valence-electron chi connectivity index (χ0n) is 16.9. The Morgan fingerprint density at radius 3 is 2.97 bits per heavy atom. The fraction of sp³-hybridized carbons (Fsp3) is 0.429. The topological polar surface area (TPSA) is 91.0 Å². The summed E-state index contributed by atoms with van der Waals surface area (Å²) in [5, 5.41) is 13.5. The second kappa shape index (κ2) is 7.94. The smallest absolute Gasteiger partial charge is 0.231 e. The molecular formula is C21H25N5O2S. The molecule has 0 unspecified atom stereocenters. The molecule has 2 amide bonds. The van der Waals surface area contributed by atoms with E-state index in [2.05, 4.69) is 45.6 Å². The van der Waals surface area contributed by atoms with Crippen molar-refractivity contribution >= 4 is 39.2 Å². The van der Waals surface area contributed by atoms with Crippen molar-refractivity contribution in [2.24, 2.45) is 5.92 Å². The summed E-state index contributed by atoms with van der Waals surface area (Å²) < 4.78 is 0. The summed E-state index contributed by atoms with van der Waals surface area (Å²) in [6.45, 7) is 7.20. The molecule has 0 bridgehead atoms. The minimum absolute atomic E-state index is 0.0290. The van der Waals surface area contributed by atoms with Crippen LogP contribution in [0.5, 0.6) is 0 Å². The molecule has 1 saturated heterocycles. The maximum absolute atomic E-state index is 12.6. The molecule has 7 nitrogen and oxygen atoms in total. The molecule has 1 fully saturated rings. The van der Waals surface area contributed by atoms with E-state index in [4.69, 9.17) is 0 Å². The molecule has 3 heterocycles. The van der Waals surface area contributed by atoms with E-state index in [1.165, 1.54) is 27.8 Å². The molecule has 29 heavy (non-hydrogen) atoms. The normalized spacial score (nSPS) is 16.9. The first kappa shape index (κ1) is 19.6. The molecule has 2 N–H and O–H groups in total. The molecule has 0 spiro atoms. The average molecular weight is 412 g/mol. The first-order valence-electron chi connectivity index (χ1n) is 9.89. The van der Waals surface area contributed by atoms with Crippen molar-refractivity contribution in [3.05, 3.63) is 40.5 Å². The molecule has 2 aromatic heterocycles. The molecule has 4 rings (SSSR count). The first-order chi connectivity index (χ1) is 13.9. The lowest BCUT2D eigenvalue weighted by Crippen LogP contribution is -2.30. The fourth-order valence-electron chi connectivity index (χ4n) is 3.64. The minimum atomic E-state index is -0.348. The highest BCUT2D eigenvalue weighted by Gasteiger charge is 2.34. The molecule has 152 valence electrons. The van der Waals surface area contributed by atoms with Crippen LogP contribution in [0.4, 0.5) is 5.13 Å². The van der Waals surface area contributed by atoms with E-state index in [0.717, 1.165) is 16.9 Å². The lowest BCUT2D eigenvalue weighted by molar-refractivity contribution is -0.128. The monoisotopic (exact) mass is 411 g/mol. The first-order valence-corrected chi connectivity index (χ1v) is 10.7. The number of nitrogens with one attached hydrogen (secondary N) is 2. The zero-order chi connectivity index (χ0) is 20.5. The Balaban J connectivity index is 1.36. The van der Waals surface area contributed by atoms with E-state index in [-0.39, 0.29) is 30.1 Å². The molecule has 1 atom stereocenters. The number of benzene rings is 1. The van der Waals surface area contributed by atoms with Crippen LogP contribution in [-0.2, 0) is 16.0 Å². The second-order valence-electron chi connectivity index (χ2n) is 7.94. The van der Waals surface area contributed by atoms with E-state index >= 15 is 0 Å². The number of H-pyrrole nitrogens is 1. The van der Waals surface area contributed by atoms with Gasteiger partial charge in [-0.25, -0.2) is 0 Å². The van der Waals surface area contributed by atoms with Gasteiger partial charge in [-0.15, -0.1) is 10.2 Å². The van der Waals surface area contributed by atoms with Crippen molar-refractivity contribution in [1.29, 1.82) is 0 Å². The molecule has 1 aromatic carbocycles. The van der Waals surface area contributed by atoms with Crippen molar-refractivity contribution < 1.29 is 9.59 Å². The summed E-state index contributed by atoms with van der Waals surface area (Å²) >= 11 is 1.38. The van der Waals surface area contributed by atoms with E-state index < -0.39 is 0 Å². The highest BCUT2D eigenvalue weighted by atomic mass is 32.1. The molecule has 1 aliphatic rings. The predicted molar refractivity (Wildman–Crippen MR) is 114 cm³/mol. The molecule has 1 aliphatic heterocycles. The number of rotatable bonds is 6. The number of aryl methyl sites for hydroxylation is 1. The fourth-order valence-corrected chi connectivity index (χ4v) is 4.39. The largest absolute Gasteiger partial charge is 0.361 e. The van der Waals surface area contributed by atoms with Gasteiger partial charge in [-0.05, 0) is 31.0 Å². The Kier molecular flexibility index (Phi) is 5.36. The Labute approximate surface area is 173 Å². The SMILES string of the molecule is Cc1ccc2[nH]cc(CCN3C[C@H](C(=O)Nc4nnc(C(C)C)s4)CC3=O)c2c1. The Morgan fingerprint density at radius 1 is 1.38 bits per heavy atom. The van der Waals surface area contributed by atoms with Gasteiger partial charge in [0.15, 0.2) is 0 Å². The highest BCUT2D eigenvalue weighted by Crippen LogP contribution is 2.26. The number of aromatic nitrogens is 3. The van der Waals surface area contributed by atoms with Gasteiger partial charge in [0, 0.05) is 42.5 Å². The van der Waals surface area contributed by atoms with Gasteiger partial charge in [0.25, 0.3) is 0 Å². The minimum Gasteiger partial charge on any atom is -0.361 e. The maximum Gasteiger partial charge on any atom is 0.231 e. The summed E-state index contributed by atoms with van der Waals surface area (Å²) in [5.41, 5.74) is 3.51. The number of hydrogen-bond acceptors (Lipinski definition) is 5. The standard InChI is InChI=1S/C21H25N5O2S/c1-12(2)20-24-25-21(29-20)23-19(28)15-9-18(27)26(11-15)7-6-14-10-22-17-5-4-13(3)8-16(14)17/h4-5,8,10,12,15,22H,6-7,9,11H2,1-3H3,(H,23,25,28)/t15-/m1/s1. The van der Waals surface area contributed by atoms with E-state index in [9.17, 15) is 9.59 Å². The van der Waals surface area contributed by atoms with Crippen LogP contribution in [-0.4, -0.2) is 45.0 Å². The van der Waals surface area contributed by atoms with Crippen LogP contribution in [0.15, 0.2) is 24.4 Å².